The van der Waals surface area contributed by atoms with E-state index < -0.39 is 0 Å². The summed E-state index contributed by atoms with van der Waals surface area (Å²) in [4.78, 5) is 22.0. The Kier molecular flexibility index (Phi) is 4.54. The molecule has 3 aliphatic heterocycles. The van der Waals surface area contributed by atoms with E-state index >= 15 is 0 Å². The molecule has 3 aromatic rings. The van der Waals surface area contributed by atoms with Crippen LogP contribution in [0.4, 0.5) is 11.7 Å². The van der Waals surface area contributed by atoms with Crippen molar-refractivity contribution in [3.05, 3.63) is 47.5 Å². The molecule has 0 spiro atoms. The van der Waals surface area contributed by atoms with Crippen LogP contribution in [0.3, 0.4) is 0 Å². The van der Waals surface area contributed by atoms with E-state index in [1.54, 1.807) is 6.07 Å². The van der Waals surface area contributed by atoms with Gasteiger partial charge in [-0.05, 0) is 42.0 Å². The third kappa shape index (κ3) is 3.51. The Hall–Kier alpha value is -3.10. The first-order valence-electron chi connectivity index (χ1n) is 10.8. The summed E-state index contributed by atoms with van der Waals surface area (Å²) in [5.41, 5.74) is 3.86. The quantitative estimate of drug-likeness (QED) is 0.695. The minimum absolute atomic E-state index is 0.145. The van der Waals surface area contributed by atoms with Crippen LogP contribution in [0.15, 0.2) is 40.8 Å². The van der Waals surface area contributed by atoms with Gasteiger partial charge < -0.3 is 24.1 Å². The lowest BCUT2D eigenvalue weighted by molar-refractivity contribution is 0.00988. The molecular weight excluding hydrogens is 396 g/mol. The van der Waals surface area contributed by atoms with Crippen LogP contribution in [0.2, 0.25) is 0 Å². The average molecular weight is 420 g/mol. The number of carbonyl (C=O) groups is 1. The summed E-state index contributed by atoms with van der Waals surface area (Å²) in [5, 5.41) is 2.96. The molecule has 0 unspecified atom stereocenters. The van der Waals surface area contributed by atoms with E-state index in [2.05, 4.69) is 20.1 Å². The summed E-state index contributed by atoms with van der Waals surface area (Å²) in [5.74, 6) is 0.726. The zero-order valence-corrected chi connectivity index (χ0v) is 17.2. The summed E-state index contributed by atoms with van der Waals surface area (Å²) in [7, 11) is 0. The Morgan fingerprint density at radius 3 is 2.81 bits per heavy atom. The van der Waals surface area contributed by atoms with Crippen molar-refractivity contribution in [1.82, 2.24) is 9.88 Å². The van der Waals surface area contributed by atoms with Gasteiger partial charge in [0.1, 0.15) is 11.3 Å². The van der Waals surface area contributed by atoms with Gasteiger partial charge in [0, 0.05) is 49.9 Å². The fourth-order valence-corrected chi connectivity index (χ4v) is 4.44. The first-order valence-corrected chi connectivity index (χ1v) is 10.8. The number of anilines is 2. The van der Waals surface area contributed by atoms with E-state index in [4.69, 9.17) is 13.9 Å². The number of carbonyl (C=O) groups excluding carboxylic acids is 1. The largest absolute Gasteiger partial charge is 0.493 e. The fourth-order valence-electron chi connectivity index (χ4n) is 4.44. The zero-order chi connectivity index (χ0) is 20.8. The molecule has 31 heavy (non-hydrogen) atoms. The number of oxazole rings is 1. The number of hydrogen-bond donors (Lipinski definition) is 1. The predicted octanol–water partition coefficient (Wildman–Crippen LogP) is 2.54. The molecule has 0 aliphatic carbocycles. The molecule has 1 aromatic heterocycles. The normalized spacial score (nSPS) is 19.2. The number of nitrogens with zero attached hydrogens (tertiary/aromatic N) is 3. The second kappa shape index (κ2) is 7.55. The van der Waals surface area contributed by atoms with Crippen LogP contribution in [-0.4, -0.2) is 67.8 Å². The van der Waals surface area contributed by atoms with Gasteiger partial charge in [-0.25, -0.2) is 0 Å². The highest BCUT2D eigenvalue weighted by Gasteiger charge is 2.35. The highest BCUT2D eigenvalue weighted by Crippen LogP contribution is 2.30. The number of ether oxygens (including phenoxy) is 2. The van der Waals surface area contributed by atoms with Gasteiger partial charge >= 0.3 is 0 Å². The van der Waals surface area contributed by atoms with Crippen molar-refractivity contribution in [3.63, 3.8) is 0 Å². The second-order valence-corrected chi connectivity index (χ2v) is 8.26. The maximum absolute atomic E-state index is 12.7. The summed E-state index contributed by atoms with van der Waals surface area (Å²) in [6.45, 7) is 6.12. The van der Waals surface area contributed by atoms with E-state index in [-0.39, 0.29) is 5.91 Å². The molecule has 8 heteroatoms. The number of aromatic nitrogens is 1. The molecule has 0 radical (unpaired) electrons. The number of fused-ring (bicyclic) bond motifs is 2. The molecule has 0 atom stereocenters. The van der Waals surface area contributed by atoms with Crippen LogP contribution >= 0.6 is 0 Å². The fraction of sp³-hybridized carbons (Fsp3) is 0.391. The molecule has 6 rings (SSSR count). The number of rotatable bonds is 4. The van der Waals surface area contributed by atoms with E-state index in [1.165, 1.54) is 0 Å². The molecule has 160 valence electrons. The zero-order valence-electron chi connectivity index (χ0n) is 17.2. The van der Waals surface area contributed by atoms with Gasteiger partial charge in [-0.15, -0.1) is 0 Å². The van der Waals surface area contributed by atoms with Crippen molar-refractivity contribution in [2.75, 3.05) is 56.2 Å². The van der Waals surface area contributed by atoms with E-state index in [1.807, 2.05) is 30.3 Å². The summed E-state index contributed by atoms with van der Waals surface area (Å²) in [6, 6.07) is 12.3. The third-order valence-electron chi connectivity index (χ3n) is 6.28. The Morgan fingerprint density at radius 2 is 1.94 bits per heavy atom. The molecule has 2 saturated heterocycles. The third-order valence-corrected chi connectivity index (χ3v) is 6.28. The molecule has 0 bridgehead atoms. The van der Waals surface area contributed by atoms with Crippen LogP contribution in [-0.2, 0) is 11.2 Å². The molecule has 3 aliphatic rings. The minimum atomic E-state index is -0.145. The van der Waals surface area contributed by atoms with Crippen molar-refractivity contribution >= 4 is 28.7 Å². The Balaban J connectivity index is 1.13. The molecule has 1 amide bonds. The van der Waals surface area contributed by atoms with Gasteiger partial charge in [-0.1, -0.05) is 0 Å². The Bertz CT molecular complexity index is 1130. The molecular formula is C23H24N4O4. The van der Waals surface area contributed by atoms with E-state index in [9.17, 15) is 4.79 Å². The summed E-state index contributed by atoms with van der Waals surface area (Å²) >= 11 is 0. The molecule has 4 heterocycles. The number of hydrogen-bond acceptors (Lipinski definition) is 7. The second-order valence-electron chi connectivity index (χ2n) is 8.26. The van der Waals surface area contributed by atoms with Gasteiger partial charge in [0.25, 0.3) is 11.9 Å². The van der Waals surface area contributed by atoms with E-state index in [0.717, 1.165) is 68.2 Å². The average Bonchev–Trinajstić information content (AvgIpc) is 3.39. The molecule has 1 N–H and O–H groups in total. The highest BCUT2D eigenvalue weighted by molar-refractivity contribution is 6.05. The van der Waals surface area contributed by atoms with Gasteiger partial charge in [0.15, 0.2) is 5.58 Å². The molecule has 2 fully saturated rings. The maximum atomic E-state index is 12.7. The van der Waals surface area contributed by atoms with Crippen LogP contribution in [0.1, 0.15) is 15.9 Å². The standard InChI is InChI=1S/C23H24N4O4/c28-22(16-1-3-20-15(11-16)5-8-30-20)24-17-2-4-21-19(12-17)25-23(31-21)27-13-18(14-27)26-6-9-29-10-7-26/h1-4,11-12,18H,5-10,13-14H2,(H,24,28). The van der Waals surface area contributed by atoms with E-state index in [0.29, 0.717) is 29.9 Å². The van der Waals surface area contributed by atoms with Crippen LogP contribution in [0, 0.1) is 0 Å². The first-order chi connectivity index (χ1) is 15.2. The number of nitrogens with one attached hydrogen (secondary N) is 1. The monoisotopic (exact) mass is 420 g/mol. The highest BCUT2D eigenvalue weighted by atomic mass is 16.5. The first kappa shape index (κ1) is 18.7. The Labute approximate surface area is 179 Å². The number of amides is 1. The molecule has 0 saturated carbocycles. The van der Waals surface area contributed by atoms with Crippen LogP contribution in [0.25, 0.3) is 11.1 Å². The number of morpholine rings is 1. The lowest BCUT2D eigenvalue weighted by atomic mass is 10.1. The van der Waals surface area contributed by atoms with Gasteiger partial charge in [-0.2, -0.15) is 4.98 Å². The predicted molar refractivity (Wildman–Crippen MR) is 116 cm³/mol. The summed E-state index contributed by atoms with van der Waals surface area (Å²) in [6.07, 6.45) is 0.840. The topological polar surface area (TPSA) is 80.1 Å². The van der Waals surface area contributed by atoms with Gasteiger partial charge in [0.2, 0.25) is 0 Å². The summed E-state index contributed by atoms with van der Waals surface area (Å²) < 4.78 is 16.9. The SMILES string of the molecule is O=C(Nc1ccc2oc(N3CC(N4CCOCC4)C3)nc2c1)c1ccc2c(c1)CCO2. The van der Waals surface area contributed by atoms with Gasteiger partial charge in [0.05, 0.1) is 19.8 Å². The van der Waals surface area contributed by atoms with Crippen molar-refractivity contribution in [3.8, 4) is 5.75 Å². The Morgan fingerprint density at radius 1 is 1.06 bits per heavy atom. The smallest absolute Gasteiger partial charge is 0.298 e. The van der Waals surface area contributed by atoms with Crippen molar-refractivity contribution < 1.29 is 18.7 Å². The van der Waals surface area contributed by atoms with Crippen molar-refractivity contribution in [1.29, 1.82) is 0 Å². The number of benzene rings is 2. The minimum Gasteiger partial charge on any atom is -0.493 e. The van der Waals surface area contributed by atoms with Gasteiger partial charge in [-0.3, -0.25) is 9.69 Å². The maximum Gasteiger partial charge on any atom is 0.298 e. The molecule has 2 aromatic carbocycles. The lowest BCUT2D eigenvalue weighted by Gasteiger charge is -2.45. The van der Waals surface area contributed by atoms with Crippen LogP contribution in [0.5, 0.6) is 5.75 Å². The van der Waals surface area contributed by atoms with Crippen molar-refractivity contribution in [2.24, 2.45) is 0 Å². The molecule has 8 nitrogen and oxygen atoms in total. The van der Waals surface area contributed by atoms with Crippen LogP contribution < -0.4 is 15.0 Å². The lowest BCUT2D eigenvalue weighted by Crippen LogP contribution is -2.61. The van der Waals surface area contributed by atoms with Crippen molar-refractivity contribution in [2.45, 2.75) is 12.5 Å².